The van der Waals surface area contributed by atoms with E-state index in [4.69, 9.17) is 28.4 Å². The molecule has 4 rings (SSSR count). The summed E-state index contributed by atoms with van der Waals surface area (Å²) >= 11 is 0. The van der Waals surface area contributed by atoms with Crippen molar-refractivity contribution in [3.8, 4) is 0 Å². The minimum Gasteiger partial charge on any atom is -0.394 e. The molecule has 280 valence electrons. The highest BCUT2D eigenvalue weighted by atomic mass is 16.7. The summed E-state index contributed by atoms with van der Waals surface area (Å²) in [6.45, 7) is -0.236. The van der Waals surface area contributed by atoms with E-state index in [1.165, 1.54) is 0 Å². The number of aliphatic hydroxyl groups excluding tert-OH is 8. The van der Waals surface area contributed by atoms with Crippen LogP contribution >= 0.6 is 0 Å². The van der Waals surface area contributed by atoms with Crippen LogP contribution in [0.15, 0.2) is 36.4 Å². The molecule has 10 N–H and O–H groups in total. The monoisotopic (exact) mass is 714 g/mol. The first kappa shape index (κ1) is 39.9. The van der Waals surface area contributed by atoms with Crippen molar-refractivity contribution >= 4 is 22.6 Å². The van der Waals surface area contributed by atoms with Crippen molar-refractivity contribution in [2.45, 2.75) is 61.4 Å². The van der Waals surface area contributed by atoms with Crippen molar-refractivity contribution in [2.75, 3.05) is 65.9 Å². The van der Waals surface area contributed by atoms with E-state index >= 15 is 0 Å². The van der Waals surface area contributed by atoms with Gasteiger partial charge in [-0.25, -0.2) is 0 Å². The van der Waals surface area contributed by atoms with Crippen LogP contribution in [0.4, 0.5) is 0 Å². The first-order valence-electron chi connectivity index (χ1n) is 16.2. The van der Waals surface area contributed by atoms with Gasteiger partial charge >= 0.3 is 0 Å². The maximum atomic E-state index is 12.6. The van der Waals surface area contributed by atoms with Crippen molar-refractivity contribution in [3.63, 3.8) is 0 Å². The Kier molecular flexibility index (Phi) is 15.6. The van der Waals surface area contributed by atoms with Crippen LogP contribution in [0.5, 0.6) is 0 Å². The normalized spacial score (nSPS) is 29.9. The molecule has 18 nitrogen and oxygen atoms in total. The van der Waals surface area contributed by atoms with Gasteiger partial charge in [0, 0.05) is 24.2 Å². The molecule has 2 saturated heterocycles. The first-order valence-corrected chi connectivity index (χ1v) is 16.2. The van der Waals surface area contributed by atoms with Crippen LogP contribution in [-0.4, -0.2) is 180 Å². The second-order valence-electron chi connectivity index (χ2n) is 11.6. The second kappa shape index (κ2) is 19.6. The molecule has 0 radical (unpaired) electrons. The zero-order valence-electron chi connectivity index (χ0n) is 27.2. The molecule has 2 aliphatic rings. The number of nitrogens with one attached hydrogen (secondary N) is 2. The number of benzene rings is 2. The summed E-state index contributed by atoms with van der Waals surface area (Å²) in [4.78, 5) is 25.3. The highest BCUT2D eigenvalue weighted by Crippen LogP contribution is 2.23. The van der Waals surface area contributed by atoms with Gasteiger partial charge in [-0.05, 0) is 35.0 Å². The van der Waals surface area contributed by atoms with Crippen LogP contribution in [0.25, 0.3) is 10.8 Å². The molecule has 0 saturated carbocycles. The molecule has 50 heavy (non-hydrogen) atoms. The van der Waals surface area contributed by atoms with Gasteiger partial charge in [-0.1, -0.05) is 12.1 Å². The number of ether oxygens (including phenoxy) is 6. The van der Waals surface area contributed by atoms with Crippen molar-refractivity contribution in [1.82, 2.24) is 10.6 Å². The van der Waals surface area contributed by atoms with E-state index in [1.807, 2.05) is 0 Å². The number of hydrogen-bond acceptors (Lipinski definition) is 16. The van der Waals surface area contributed by atoms with E-state index in [-0.39, 0.29) is 64.5 Å². The lowest BCUT2D eigenvalue weighted by atomic mass is 9.99. The molecule has 2 fully saturated rings. The first-order chi connectivity index (χ1) is 24.0. The molecule has 2 aromatic rings. The molecule has 2 amide bonds. The number of carbonyl (C=O) groups is 2. The highest BCUT2D eigenvalue weighted by Gasteiger charge is 2.45. The molecular weight excluding hydrogens is 668 g/mol. The number of carbonyl (C=O) groups excluding carboxylic acids is 2. The van der Waals surface area contributed by atoms with Crippen LogP contribution in [0.1, 0.15) is 20.7 Å². The standard InChI is InChI=1S/C32H46N2O16/c35-15-21-23(37)25(39)27(41)31(49-21)47-11-9-45-7-5-33-29(43)19-3-1-17-13-20(4-2-18(17)14-19)30(44)34-6-8-46-10-12-48-32-28(42)26(40)24(38)22(16-36)50-32/h1-4,13-14,21-28,31-32,35-42H,5-12,15-16H2,(H,33,43)(H,34,44)/t21-,22-,23-,24-,25+,26+,27+,28+,31+,32+/m1/s1. The van der Waals surface area contributed by atoms with Gasteiger partial charge < -0.3 is 79.9 Å². The van der Waals surface area contributed by atoms with Gasteiger partial charge in [0.2, 0.25) is 0 Å². The molecule has 0 bridgehead atoms. The van der Waals surface area contributed by atoms with E-state index in [2.05, 4.69) is 10.6 Å². The van der Waals surface area contributed by atoms with Gasteiger partial charge in [-0.2, -0.15) is 0 Å². The summed E-state index contributed by atoms with van der Waals surface area (Å²) < 4.78 is 32.0. The van der Waals surface area contributed by atoms with E-state index in [0.29, 0.717) is 11.1 Å². The number of aliphatic hydroxyl groups is 8. The Morgan fingerprint density at radius 1 is 0.560 bits per heavy atom. The Bertz CT molecular complexity index is 1260. The van der Waals surface area contributed by atoms with Gasteiger partial charge in [-0.15, -0.1) is 0 Å². The van der Waals surface area contributed by atoms with E-state index in [9.17, 15) is 50.4 Å². The quantitative estimate of drug-likeness (QED) is 0.0659. The fourth-order valence-electron chi connectivity index (χ4n) is 5.27. The number of hydrogen-bond donors (Lipinski definition) is 10. The van der Waals surface area contributed by atoms with Crippen molar-refractivity contribution < 1.29 is 78.9 Å². The van der Waals surface area contributed by atoms with Gasteiger partial charge in [0.15, 0.2) is 12.6 Å². The minimum absolute atomic E-state index is 0.0122. The lowest BCUT2D eigenvalue weighted by Gasteiger charge is -2.39. The van der Waals surface area contributed by atoms with Crippen LogP contribution in [0.3, 0.4) is 0 Å². The third kappa shape index (κ3) is 10.6. The predicted molar refractivity (Wildman–Crippen MR) is 170 cm³/mol. The summed E-state index contributed by atoms with van der Waals surface area (Å²) in [7, 11) is 0. The van der Waals surface area contributed by atoms with Gasteiger partial charge in [0.05, 0.1) is 52.9 Å². The number of amides is 2. The molecule has 10 atom stereocenters. The Labute approximate surface area is 287 Å². The third-order valence-corrected chi connectivity index (χ3v) is 8.15. The topological polar surface area (TPSA) is 275 Å². The zero-order valence-corrected chi connectivity index (χ0v) is 27.2. The molecule has 2 aliphatic heterocycles. The Morgan fingerprint density at radius 3 is 1.34 bits per heavy atom. The Morgan fingerprint density at radius 2 is 0.960 bits per heavy atom. The molecule has 0 aliphatic carbocycles. The molecule has 18 heteroatoms. The number of fused-ring (bicyclic) bond motifs is 1. The second-order valence-corrected chi connectivity index (χ2v) is 11.6. The van der Waals surface area contributed by atoms with Crippen LogP contribution < -0.4 is 10.6 Å². The van der Waals surface area contributed by atoms with Gasteiger partial charge in [-0.3, -0.25) is 9.59 Å². The smallest absolute Gasteiger partial charge is 0.251 e. The van der Waals surface area contributed by atoms with Crippen LogP contribution in [0, 0.1) is 0 Å². The fraction of sp³-hybridized carbons (Fsp3) is 0.625. The molecule has 0 spiro atoms. The average Bonchev–Trinajstić information content (AvgIpc) is 3.13. The van der Waals surface area contributed by atoms with Crippen LogP contribution in [0.2, 0.25) is 0 Å². The van der Waals surface area contributed by atoms with E-state index < -0.39 is 74.6 Å². The summed E-state index contributed by atoms with van der Waals surface area (Å²) in [5.74, 6) is -0.651. The van der Waals surface area contributed by atoms with Crippen molar-refractivity contribution in [1.29, 1.82) is 0 Å². The van der Waals surface area contributed by atoms with Crippen LogP contribution in [-0.2, 0) is 28.4 Å². The summed E-state index contributed by atoms with van der Waals surface area (Å²) in [5.41, 5.74) is 0.821. The predicted octanol–water partition coefficient (Wildman–Crippen LogP) is -4.03. The molecular formula is C32H46N2O16. The molecule has 2 heterocycles. The fourth-order valence-corrected chi connectivity index (χ4v) is 5.27. The molecule has 0 aromatic heterocycles. The zero-order chi connectivity index (χ0) is 36.2. The summed E-state index contributed by atoms with van der Waals surface area (Å²) in [6, 6.07) is 10.1. The average molecular weight is 715 g/mol. The maximum Gasteiger partial charge on any atom is 0.251 e. The van der Waals surface area contributed by atoms with E-state index in [1.54, 1.807) is 36.4 Å². The lowest BCUT2D eigenvalue weighted by molar-refractivity contribution is -0.302. The highest BCUT2D eigenvalue weighted by molar-refractivity contribution is 6.01. The SMILES string of the molecule is O=C(NCCOCCO[C@H]1O[C@H](CO)[C@@H](O)[C@H](O)[C@@H]1O)c1ccc2cc(C(=O)NCCOCCO[C@H]3O[C@H](CO)[C@@H](O)[C@H](O)[C@@H]3O)ccc2c1. The minimum atomic E-state index is -1.53. The summed E-state index contributed by atoms with van der Waals surface area (Å²) in [6.07, 6.45) is -13.6. The maximum absolute atomic E-state index is 12.6. The van der Waals surface area contributed by atoms with Crippen molar-refractivity contribution in [3.05, 3.63) is 47.5 Å². The van der Waals surface area contributed by atoms with Gasteiger partial charge in [0.1, 0.15) is 48.8 Å². The Hall–Kier alpha value is -2.92. The lowest BCUT2D eigenvalue weighted by Crippen LogP contribution is -2.59. The van der Waals surface area contributed by atoms with E-state index in [0.717, 1.165) is 10.8 Å². The van der Waals surface area contributed by atoms with Gasteiger partial charge in [0.25, 0.3) is 11.8 Å². The number of rotatable bonds is 18. The molecule has 0 unspecified atom stereocenters. The summed E-state index contributed by atoms with van der Waals surface area (Å²) in [5, 5.41) is 84.6. The third-order valence-electron chi connectivity index (χ3n) is 8.15. The molecule has 2 aromatic carbocycles. The largest absolute Gasteiger partial charge is 0.394 e. The Balaban J connectivity index is 1.09. The van der Waals surface area contributed by atoms with Crippen molar-refractivity contribution in [2.24, 2.45) is 0 Å².